The summed E-state index contributed by atoms with van der Waals surface area (Å²) in [5.41, 5.74) is 8.10. The van der Waals surface area contributed by atoms with Crippen LogP contribution in [0.4, 0.5) is 0 Å². The van der Waals surface area contributed by atoms with E-state index in [0.717, 1.165) is 65.7 Å². The molecule has 1 saturated carbocycles. The van der Waals surface area contributed by atoms with Crippen LogP contribution in [0.5, 0.6) is 0 Å². The Labute approximate surface area is 256 Å². The summed E-state index contributed by atoms with van der Waals surface area (Å²) in [4.78, 5) is 16.1. The van der Waals surface area contributed by atoms with Gasteiger partial charge in [-0.25, -0.2) is 5.01 Å². The summed E-state index contributed by atoms with van der Waals surface area (Å²) >= 11 is 18.5. The Kier molecular flexibility index (Phi) is 8.37. The van der Waals surface area contributed by atoms with E-state index in [-0.39, 0.29) is 17.9 Å². The van der Waals surface area contributed by atoms with E-state index in [1.807, 2.05) is 60.7 Å². The van der Waals surface area contributed by atoms with Gasteiger partial charge < -0.3 is 0 Å². The van der Waals surface area contributed by atoms with Gasteiger partial charge in [0.2, 0.25) is 0 Å². The quantitative estimate of drug-likeness (QED) is 0.292. The number of rotatable bonds is 5. The molecule has 210 valence electrons. The number of allylic oxidation sites excluding steroid dienone is 1. The molecule has 0 bridgehead atoms. The molecule has 1 fully saturated rings. The van der Waals surface area contributed by atoms with Crippen LogP contribution in [0.25, 0.3) is 11.6 Å². The zero-order valence-electron chi connectivity index (χ0n) is 23.0. The van der Waals surface area contributed by atoms with E-state index in [4.69, 9.17) is 39.9 Å². The standard InChI is InChI=1S/C34H32Cl3N3O/c1-22-19-29(37)13-14-30(22)24-15-17-39(18-16-24)21-32(41)40-34(25-7-11-28(36)12-8-25)31-4-2-3-26(33(31)38-40)20-23-5-9-27(35)10-6-23/h5-15,19-20,31,34H,2-4,16-18,21H2,1H3/b26-20-. The number of nitrogens with zero attached hydrogens (tertiary/aromatic N) is 3. The van der Waals surface area contributed by atoms with Gasteiger partial charge in [0.05, 0.1) is 18.3 Å². The molecular formula is C34H32Cl3N3O. The molecule has 3 aliphatic rings. The second-order valence-electron chi connectivity index (χ2n) is 11.1. The Bertz CT molecular complexity index is 1540. The lowest BCUT2D eigenvalue weighted by atomic mass is 9.77. The average Bonchev–Trinajstić information content (AvgIpc) is 3.36. The first kappa shape index (κ1) is 28.2. The second kappa shape index (κ2) is 12.1. The van der Waals surface area contributed by atoms with E-state index >= 15 is 0 Å². The van der Waals surface area contributed by atoms with Crippen molar-refractivity contribution in [3.05, 3.63) is 116 Å². The number of benzene rings is 3. The minimum absolute atomic E-state index is 0.0252. The summed E-state index contributed by atoms with van der Waals surface area (Å²) in [6.45, 7) is 3.97. The van der Waals surface area contributed by atoms with Gasteiger partial charge in [-0.1, -0.05) is 71.2 Å². The molecule has 2 atom stereocenters. The van der Waals surface area contributed by atoms with Crippen LogP contribution < -0.4 is 0 Å². The van der Waals surface area contributed by atoms with Gasteiger partial charge >= 0.3 is 0 Å². The van der Waals surface area contributed by atoms with Crippen LogP contribution in [0.1, 0.15) is 54.0 Å². The van der Waals surface area contributed by atoms with Crippen LogP contribution in [0.2, 0.25) is 15.1 Å². The Morgan fingerprint density at radius 1 is 0.951 bits per heavy atom. The number of aryl methyl sites for hydroxylation is 1. The molecule has 7 heteroatoms. The molecule has 1 amide bonds. The Morgan fingerprint density at radius 3 is 2.34 bits per heavy atom. The summed E-state index contributed by atoms with van der Waals surface area (Å²) in [6, 6.07) is 21.6. The number of carbonyl (C=O) groups is 1. The van der Waals surface area contributed by atoms with Crippen molar-refractivity contribution in [1.82, 2.24) is 9.91 Å². The predicted octanol–water partition coefficient (Wildman–Crippen LogP) is 8.87. The minimum atomic E-state index is -0.142. The molecular weight excluding hydrogens is 573 g/mol. The molecule has 6 rings (SSSR count). The molecule has 0 N–H and O–H groups in total. The highest BCUT2D eigenvalue weighted by Crippen LogP contribution is 2.44. The first-order chi connectivity index (χ1) is 19.9. The molecule has 0 spiro atoms. The third-order valence-corrected chi connectivity index (χ3v) is 9.11. The zero-order chi connectivity index (χ0) is 28.5. The van der Waals surface area contributed by atoms with Crippen LogP contribution >= 0.6 is 34.8 Å². The lowest BCUT2D eigenvalue weighted by Crippen LogP contribution is -2.41. The van der Waals surface area contributed by atoms with Gasteiger partial charge in [-0.15, -0.1) is 0 Å². The normalized spacial score (nSPS) is 22.0. The van der Waals surface area contributed by atoms with Crippen molar-refractivity contribution in [2.45, 2.75) is 38.6 Å². The summed E-state index contributed by atoms with van der Waals surface area (Å²) < 4.78 is 0. The molecule has 2 aliphatic heterocycles. The van der Waals surface area contributed by atoms with Crippen molar-refractivity contribution >= 4 is 58.1 Å². The van der Waals surface area contributed by atoms with E-state index < -0.39 is 0 Å². The van der Waals surface area contributed by atoms with Crippen LogP contribution in [0.3, 0.4) is 0 Å². The molecule has 3 aromatic rings. The fourth-order valence-electron chi connectivity index (χ4n) is 6.31. The van der Waals surface area contributed by atoms with Crippen LogP contribution in [-0.4, -0.2) is 41.2 Å². The lowest BCUT2D eigenvalue weighted by Gasteiger charge is -2.32. The number of carbonyl (C=O) groups excluding carboxylic acids is 1. The van der Waals surface area contributed by atoms with Crippen molar-refractivity contribution < 1.29 is 4.79 Å². The van der Waals surface area contributed by atoms with Crippen molar-refractivity contribution in [1.29, 1.82) is 0 Å². The molecule has 41 heavy (non-hydrogen) atoms. The van der Waals surface area contributed by atoms with Gasteiger partial charge in [-0.2, -0.15) is 5.10 Å². The highest BCUT2D eigenvalue weighted by atomic mass is 35.5. The third-order valence-electron chi connectivity index (χ3n) is 8.37. The number of hydrogen-bond donors (Lipinski definition) is 0. The van der Waals surface area contributed by atoms with E-state index in [1.165, 1.54) is 22.3 Å². The second-order valence-corrected chi connectivity index (χ2v) is 12.4. The number of fused-ring (bicyclic) bond motifs is 1. The number of hydrogen-bond acceptors (Lipinski definition) is 3. The maximum atomic E-state index is 13.9. The van der Waals surface area contributed by atoms with Gasteiger partial charge in [0.25, 0.3) is 5.91 Å². The number of hydrazone groups is 1. The van der Waals surface area contributed by atoms with Gasteiger partial charge in [0.15, 0.2) is 0 Å². The van der Waals surface area contributed by atoms with Crippen molar-refractivity contribution in [2.75, 3.05) is 19.6 Å². The average molecular weight is 605 g/mol. The van der Waals surface area contributed by atoms with Crippen LogP contribution in [0, 0.1) is 12.8 Å². The van der Waals surface area contributed by atoms with Crippen LogP contribution in [-0.2, 0) is 4.79 Å². The fraction of sp³-hybridized carbons (Fsp3) is 0.294. The molecule has 0 radical (unpaired) electrons. The SMILES string of the molecule is Cc1cc(Cl)ccc1C1=CCN(CC(=O)N2N=C3/C(=C\c4ccc(Cl)cc4)CCCC3C2c2ccc(Cl)cc2)CC1. The van der Waals surface area contributed by atoms with E-state index in [2.05, 4.69) is 30.0 Å². The molecule has 1 aliphatic carbocycles. The van der Waals surface area contributed by atoms with Crippen molar-refractivity contribution in [3.63, 3.8) is 0 Å². The number of halogens is 3. The summed E-state index contributed by atoms with van der Waals surface area (Å²) in [6.07, 6.45) is 8.32. The van der Waals surface area contributed by atoms with E-state index in [0.29, 0.717) is 11.6 Å². The summed E-state index contributed by atoms with van der Waals surface area (Å²) in [5.74, 6) is 0.172. The first-order valence-electron chi connectivity index (χ1n) is 14.2. The molecule has 0 aromatic heterocycles. The molecule has 2 unspecified atom stereocenters. The van der Waals surface area contributed by atoms with Gasteiger partial charge in [0, 0.05) is 34.1 Å². The van der Waals surface area contributed by atoms with Gasteiger partial charge in [-0.05, 0) is 108 Å². The largest absolute Gasteiger partial charge is 0.290 e. The highest BCUT2D eigenvalue weighted by molar-refractivity contribution is 6.31. The van der Waals surface area contributed by atoms with Gasteiger partial charge in [0.1, 0.15) is 0 Å². The third kappa shape index (κ3) is 6.17. The topological polar surface area (TPSA) is 35.9 Å². The molecule has 3 aromatic carbocycles. The Morgan fingerprint density at radius 2 is 1.66 bits per heavy atom. The summed E-state index contributed by atoms with van der Waals surface area (Å²) in [7, 11) is 0. The molecule has 0 saturated heterocycles. The minimum Gasteiger partial charge on any atom is -0.290 e. The maximum absolute atomic E-state index is 13.9. The maximum Gasteiger partial charge on any atom is 0.257 e. The smallest absolute Gasteiger partial charge is 0.257 e. The van der Waals surface area contributed by atoms with Gasteiger partial charge in [-0.3, -0.25) is 9.69 Å². The number of amides is 1. The van der Waals surface area contributed by atoms with Crippen molar-refractivity contribution in [3.8, 4) is 0 Å². The van der Waals surface area contributed by atoms with E-state index in [9.17, 15) is 4.79 Å². The Balaban J connectivity index is 1.25. The lowest BCUT2D eigenvalue weighted by molar-refractivity contribution is -0.134. The highest BCUT2D eigenvalue weighted by Gasteiger charge is 2.43. The van der Waals surface area contributed by atoms with Crippen LogP contribution in [0.15, 0.2) is 83.5 Å². The summed E-state index contributed by atoms with van der Waals surface area (Å²) in [5, 5.41) is 8.96. The monoisotopic (exact) mass is 603 g/mol. The predicted molar refractivity (Wildman–Crippen MR) is 170 cm³/mol. The molecule has 4 nitrogen and oxygen atoms in total. The van der Waals surface area contributed by atoms with E-state index in [1.54, 1.807) is 5.01 Å². The first-order valence-corrected chi connectivity index (χ1v) is 15.3. The van der Waals surface area contributed by atoms with Crippen molar-refractivity contribution in [2.24, 2.45) is 11.0 Å². The molecule has 2 heterocycles. The zero-order valence-corrected chi connectivity index (χ0v) is 25.3. The fourth-order valence-corrected chi connectivity index (χ4v) is 6.79. The Hall–Kier alpha value is -2.89.